The van der Waals surface area contributed by atoms with Crippen LogP contribution in [0.15, 0.2) is 42.5 Å². The van der Waals surface area contributed by atoms with Crippen molar-refractivity contribution in [3.8, 4) is 11.1 Å². The SMILES string of the molecule is CCc1ccccc1-c1c(CCC(=O)O)cccc1P=O. The zero-order valence-corrected chi connectivity index (χ0v) is 12.8. The molecule has 1 N–H and O–H groups in total. The highest BCUT2D eigenvalue weighted by molar-refractivity contribution is 7.34. The summed E-state index contributed by atoms with van der Waals surface area (Å²) in [6.07, 6.45) is 1.38. The van der Waals surface area contributed by atoms with E-state index in [1.54, 1.807) is 0 Å². The van der Waals surface area contributed by atoms with Crippen molar-refractivity contribution in [2.24, 2.45) is 0 Å². The molecule has 0 aliphatic rings. The van der Waals surface area contributed by atoms with Gasteiger partial charge in [0, 0.05) is 12.0 Å². The molecule has 0 atom stereocenters. The summed E-state index contributed by atoms with van der Waals surface area (Å²) in [5.41, 5.74) is 4.05. The van der Waals surface area contributed by atoms with E-state index in [4.69, 9.17) is 5.11 Å². The van der Waals surface area contributed by atoms with Gasteiger partial charge in [-0.2, -0.15) is 0 Å². The number of carboxylic acids is 1. The molecule has 4 heteroatoms. The Kier molecular flexibility index (Phi) is 5.24. The Labute approximate surface area is 125 Å². The van der Waals surface area contributed by atoms with Crippen molar-refractivity contribution in [2.75, 3.05) is 0 Å². The van der Waals surface area contributed by atoms with Crippen molar-refractivity contribution in [1.29, 1.82) is 0 Å². The summed E-state index contributed by atoms with van der Waals surface area (Å²) in [4.78, 5) is 10.8. The fraction of sp³-hybridized carbons (Fsp3) is 0.235. The minimum absolute atomic E-state index is 0.0447. The molecule has 0 saturated heterocycles. The third-order valence-corrected chi connectivity index (χ3v) is 4.07. The van der Waals surface area contributed by atoms with Gasteiger partial charge >= 0.3 is 5.97 Å². The van der Waals surface area contributed by atoms with E-state index < -0.39 is 5.97 Å². The van der Waals surface area contributed by atoms with E-state index in [0.29, 0.717) is 11.7 Å². The standard InChI is InChI=1S/C17H17O3P/c1-2-12-6-3-4-8-14(12)17-13(10-11-16(18)19)7-5-9-15(17)21-20/h3-9H,2,10-11H2,1H3,(H,18,19). The quantitative estimate of drug-likeness (QED) is 0.824. The van der Waals surface area contributed by atoms with Gasteiger partial charge in [-0.3, -0.25) is 9.36 Å². The lowest BCUT2D eigenvalue weighted by molar-refractivity contribution is -0.136. The topological polar surface area (TPSA) is 54.4 Å². The summed E-state index contributed by atoms with van der Waals surface area (Å²) < 4.78 is 11.5. The molecule has 2 aromatic rings. The average molecular weight is 300 g/mol. The summed E-state index contributed by atoms with van der Waals surface area (Å²) in [5.74, 6) is -0.824. The highest BCUT2D eigenvalue weighted by Gasteiger charge is 2.14. The van der Waals surface area contributed by atoms with Gasteiger partial charge in [-0.25, -0.2) is 0 Å². The Hall–Kier alpha value is -1.99. The Morgan fingerprint density at radius 2 is 1.81 bits per heavy atom. The van der Waals surface area contributed by atoms with Crippen LogP contribution in [0.5, 0.6) is 0 Å². The molecular weight excluding hydrogens is 283 g/mol. The molecule has 108 valence electrons. The lowest BCUT2D eigenvalue weighted by Crippen LogP contribution is -2.06. The second-order valence-corrected chi connectivity index (χ2v) is 5.47. The van der Waals surface area contributed by atoms with Crippen LogP contribution in [-0.4, -0.2) is 11.1 Å². The number of carboxylic acid groups (broad SMARTS) is 1. The van der Waals surface area contributed by atoms with Crippen LogP contribution in [0.25, 0.3) is 11.1 Å². The van der Waals surface area contributed by atoms with Crippen molar-refractivity contribution in [1.82, 2.24) is 0 Å². The molecule has 0 aromatic heterocycles. The Balaban J connectivity index is 2.58. The van der Waals surface area contributed by atoms with Crippen molar-refractivity contribution in [3.05, 3.63) is 53.6 Å². The molecule has 2 rings (SSSR count). The summed E-state index contributed by atoms with van der Waals surface area (Å²) in [6.45, 7) is 2.08. The number of hydrogen-bond acceptors (Lipinski definition) is 2. The van der Waals surface area contributed by atoms with E-state index in [1.807, 2.05) is 36.4 Å². The Morgan fingerprint density at radius 3 is 2.48 bits per heavy atom. The molecule has 0 heterocycles. The van der Waals surface area contributed by atoms with Crippen LogP contribution in [0.2, 0.25) is 0 Å². The van der Waals surface area contributed by atoms with E-state index in [1.165, 1.54) is 5.56 Å². The Morgan fingerprint density at radius 1 is 1.10 bits per heavy atom. The first-order valence-electron chi connectivity index (χ1n) is 6.92. The van der Waals surface area contributed by atoms with Gasteiger partial charge in [0.2, 0.25) is 0 Å². The molecule has 0 bridgehead atoms. The minimum Gasteiger partial charge on any atom is -0.481 e. The maximum Gasteiger partial charge on any atom is 0.303 e. The highest BCUT2D eigenvalue weighted by atomic mass is 31.1. The number of hydrogen-bond donors (Lipinski definition) is 1. The van der Waals surface area contributed by atoms with Crippen LogP contribution in [0.1, 0.15) is 24.5 Å². The normalized spacial score (nSPS) is 10.7. The smallest absolute Gasteiger partial charge is 0.303 e. The van der Waals surface area contributed by atoms with Crippen molar-refractivity contribution in [3.63, 3.8) is 0 Å². The average Bonchev–Trinajstić information content (AvgIpc) is 2.52. The number of rotatable bonds is 6. The van der Waals surface area contributed by atoms with Gasteiger partial charge in [-0.05, 0) is 35.6 Å². The van der Waals surface area contributed by atoms with Crippen LogP contribution in [-0.2, 0) is 22.2 Å². The van der Waals surface area contributed by atoms with E-state index >= 15 is 0 Å². The second kappa shape index (κ2) is 7.14. The van der Waals surface area contributed by atoms with Gasteiger partial charge in [0.1, 0.15) is 0 Å². The van der Waals surface area contributed by atoms with E-state index in [2.05, 4.69) is 13.0 Å². The number of aliphatic carboxylic acids is 1. The summed E-state index contributed by atoms with van der Waals surface area (Å²) in [7, 11) is -0.0447. The predicted octanol–water partition coefficient (Wildman–Crippen LogP) is 3.85. The molecule has 0 aliphatic heterocycles. The molecule has 0 amide bonds. The van der Waals surface area contributed by atoms with Crippen LogP contribution in [0.3, 0.4) is 0 Å². The van der Waals surface area contributed by atoms with Gasteiger partial charge in [-0.15, -0.1) is 0 Å². The van der Waals surface area contributed by atoms with Gasteiger partial charge in [0.15, 0.2) is 8.46 Å². The summed E-state index contributed by atoms with van der Waals surface area (Å²) in [6, 6.07) is 13.6. The lowest BCUT2D eigenvalue weighted by atomic mass is 9.92. The first-order valence-corrected chi connectivity index (χ1v) is 7.74. The van der Waals surface area contributed by atoms with Crippen LogP contribution < -0.4 is 5.30 Å². The Bertz CT molecular complexity index is 665. The molecule has 2 aromatic carbocycles. The third kappa shape index (κ3) is 3.56. The summed E-state index contributed by atoms with van der Waals surface area (Å²) >= 11 is 0. The van der Waals surface area contributed by atoms with Crippen LogP contribution in [0.4, 0.5) is 0 Å². The fourth-order valence-corrected chi connectivity index (χ4v) is 3.00. The van der Waals surface area contributed by atoms with Crippen LogP contribution in [0, 0.1) is 0 Å². The molecule has 0 spiro atoms. The highest BCUT2D eigenvalue weighted by Crippen LogP contribution is 2.29. The number of aryl methyl sites for hydroxylation is 2. The van der Waals surface area contributed by atoms with Gasteiger partial charge < -0.3 is 5.11 Å². The third-order valence-electron chi connectivity index (χ3n) is 3.50. The van der Waals surface area contributed by atoms with E-state index in [9.17, 15) is 9.36 Å². The first-order chi connectivity index (χ1) is 10.2. The van der Waals surface area contributed by atoms with Crippen molar-refractivity contribution >= 4 is 19.7 Å². The molecule has 0 fully saturated rings. The van der Waals surface area contributed by atoms with E-state index in [0.717, 1.165) is 23.1 Å². The molecule has 3 nitrogen and oxygen atoms in total. The predicted molar refractivity (Wildman–Crippen MR) is 84.5 cm³/mol. The molecular formula is C17H17O3P. The molecule has 0 unspecified atom stereocenters. The number of carbonyl (C=O) groups is 1. The lowest BCUT2D eigenvalue weighted by Gasteiger charge is -2.14. The zero-order valence-electron chi connectivity index (χ0n) is 11.9. The van der Waals surface area contributed by atoms with E-state index in [-0.39, 0.29) is 14.9 Å². The maximum absolute atomic E-state index is 11.5. The number of benzene rings is 2. The molecule has 0 radical (unpaired) electrons. The maximum atomic E-state index is 11.5. The molecule has 21 heavy (non-hydrogen) atoms. The second-order valence-electron chi connectivity index (χ2n) is 4.81. The van der Waals surface area contributed by atoms with Gasteiger partial charge in [-0.1, -0.05) is 43.3 Å². The van der Waals surface area contributed by atoms with Gasteiger partial charge in [0.25, 0.3) is 0 Å². The monoisotopic (exact) mass is 300 g/mol. The minimum atomic E-state index is -0.824. The molecule has 0 aliphatic carbocycles. The fourth-order valence-electron chi connectivity index (χ4n) is 2.50. The van der Waals surface area contributed by atoms with Crippen molar-refractivity contribution < 1.29 is 14.5 Å². The largest absolute Gasteiger partial charge is 0.481 e. The summed E-state index contributed by atoms with van der Waals surface area (Å²) in [5, 5.41) is 9.61. The van der Waals surface area contributed by atoms with Gasteiger partial charge in [0.05, 0.1) is 5.30 Å². The zero-order chi connectivity index (χ0) is 15.2. The molecule has 0 saturated carbocycles. The van der Waals surface area contributed by atoms with Crippen molar-refractivity contribution in [2.45, 2.75) is 26.2 Å². The van der Waals surface area contributed by atoms with Crippen LogP contribution >= 0.6 is 8.46 Å². The first kappa shape index (κ1) is 15.4.